The van der Waals surface area contributed by atoms with Gasteiger partial charge in [0.25, 0.3) is 5.88 Å². The van der Waals surface area contributed by atoms with Crippen molar-refractivity contribution < 1.29 is 19.0 Å². The number of ether oxygens (including phenoxy) is 2. The summed E-state index contributed by atoms with van der Waals surface area (Å²) in [5, 5.41) is 8.85. The van der Waals surface area contributed by atoms with Gasteiger partial charge in [0, 0.05) is 17.7 Å². The lowest BCUT2D eigenvalue weighted by atomic mass is 9.82. The van der Waals surface area contributed by atoms with Gasteiger partial charge in [-0.3, -0.25) is 4.79 Å². The summed E-state index contributed by atoms with van der Waals surface area (Å²) in [6, 6.07) is 7.50. The van der Waals surface area contributed by atoms with Gasteiger partial charge >= 0.3 is 11.6 Å². The Hall–Kier alpha value is -3.16. The van der Waals surface area contributed by atoms with Gasteiger partial charge in [0.1, 0.15) is 11.9 Å². The summed E-state index contributed by atoms with van der Waals surface area (Å²) in [4.78, 5) is 13.5. The van der Waals surface area contributed by atoms with Crippen molar-refractivity contribution in [3.8, 4) is 11.6 Å². The Balaban J connectivity index is 1.95. The quantitative estimate of drug-likeness (QED) is 0.349. The molecule has 0 aliphatic rings. The molecule has 0 amide bonds. The number of benzene rings is 1. The Kier molecular flexibility index (Phi) is 7.79. The number of carbonyl (C=O) groups is 1. The normalized spacial score (nSPS) is 11.9. The van der Waals surface area contributed by atoms with Crippen molar-refractivity contribution in [1.29, 1.82) is 0 Å². The molecule has 3 rings (SSSR count). The number of Topliss-reactive ketones (excluding diaryl/α,β-unsaturated/α-hetero) is 1. The molecule has 0 radical (unpaired) electrons. The molecular formula is C26H38N5O3+. The SMILES string of the molecule is CCCOc1cc(C(=O)C[n+]2nc(N)n3nc(OC(CC)CC)ccc32)c(C)c(C(C)(C)C)c1. The smallest absolute Gasteiger partial charge is 0.355 e. The number of ketones is 1. The number of nitrogens with two attached hydrogens (primary N) is 1. The molecule has 0 saturated carbocycles. The van der Waals surface area contributed by atoms with Crippen LogP contribution in [0.2, 0.25) is 0 Å². The number of carbonyl (C=O) groups excluding carboxylic acids is 1. The van der Waals surface area contributed by atoms with E-state index in [1.165, 1.54) is 4.52 Å². The van der Waals surface area contributed by atoms with E-state index in [1.54, 1.807) is 10.7 Å². The Morgan fingerprint density at radius 3 is 2.50 bits per heavy atom. The van der Waals surface area contributed by atoms with Crippen LogP contribution in [0.15, 0.2) is 24.3 Å². The molecule has 0 bridgehead atoms. The van der Waals surface area contributed by atoms with E-state index < -0.39 is 0 Å². The second kappa shape index (κ2) is 10.4. The molecule has 8 nitrogen and oxygen atoms in total. The molecule has 184 valence electrons. The van der Waals surface area contributed by atoms with E-state index in [0.29, 0.717) is 29.4 Å². The van der Waals surface area contributed by atoms with Crippen LogP contribution in [0.25, 0.3) is 5.65 Å². The van der Waals surface area contributed by atoms with Gasteiger partial charge in [-0.15, -0.1) is 4.68 Å². The minimum atomic E-state index is -0.126. The number of hydrogen-bond acceptors (Lipinski definition) is 6. The standard InChI is InChI=1S/C26H38N5O3/c1-8-13-33-19-14-20(17(4)21(15-19)26(5,6)7)22(32)16-30-24-12-11-23(34-18(9-2)10-3)28-31(24)25(27)29-30/h11-12,14-15,18H,8-10,13,16H2,1-7H3,(H2,27,29)/q+1. The molecule has 8 heteroatoms. The van der Waals surface area contributed by atoms with Crippen molar-refractivity contribution in [2.75, 3.05) is 12.3 Å². The van der Waals surface area contributed by atoms with Crippen LogP contribution >= 0.6 is 0 Å². The van der Waals surface area contributed by atoms with Crippen LogP contribution in [0, 0.1) is 6.92 Å². The van der Waals surface area contributed by atoms with Crippen molar-refractivity contribution in [3.63, 3.8) is 0 Å². The van der Waals surface area contributed by atoms with Crippen molar-refractivity contribution in [2.24, 2.45) is 0 Å². The van der Waals surface area contributed by atoms with E-state index in [0.717, 1.165) is 30.4 Å². The molecule has 0 unspecified atom stereocenters. The van der Waals surface area contributed by atoms with E-state index in [-0.39, 0.29) is 29.8 Å². The van der Waals surface area contributed by atoms with E-state index in [4.69, 9.17) is 15.2 Å². The molecule has 0 atom stereocenters. The lowest BCUT2D eigenvalue weighted by molar-refractivity contribution is -0.714. The molecule has 0 aliphatic heterocycles. The number of aromatic nitrogens is 4. The third kappa shape index (κ3) is 5.48. The third-order valence-electron chi connectivity index (χ3n) is 5.95. The van der Waals surface area contributed by atoms with Gasteiger partial charge in [-0.05, 0) is 65.1 Å². The van der Waals surface area contributed by atoms with Gasteiger partial charge in [0.05, 0.1) is 6.61 Å². The highest BCUT2D eigenvalue weighted by Gasteiger charge is 2.26. The average Bonchev–Trinajstić information content (AvgIpc) is 3.10. The summed E-state index contributed by atoms with van der Waals surface area (Å²) in [5.41, 5.74) is 9.30. The van der Waals surface area contributed by atoms with Crippen LogP contribution in [0.4, 0.5) is 5.95 Å². The predicted octanol–water partition coefficient (Wildman–Crippen LogP) is 4.44. The zero-order valence-electron chi connectivity index (χ0n) is 21.5. The minimum absolute atomic E-state index is 0.0385. The predicted molar refractivity (Wildman–Crippen MR) is 133 cm³/mol. The zero-order valence-corrected chi connectivity index (χ0v) is 21.5. The highest BCUT2D eigenvalue weighted by molar-refractivity contribution is 5.97. The molecule has 0 fully saturated rings. The van der Waals surface area contributed by atoms with Crippen LogP contribution in [-0.4, -0.2) is 33.2 Å². The number of nitrogen functional groups attached to an aromatic ring is 1. The largest absolute Gasteiger partial charge is 0.494 e. The zero-order chi connectivity index (χ0) is 25.0. The molecule has 0 saturated heterocycles. The summed E-state index contributed by atoms with van der Waals surface area (Å²) < 4.78 is 14.9. The van der Waals surface area contributed by atoms with Crippen molar-refractivity contribution >= 4 is 17.4 Å². The lowest BCUT2D eigenvalue weighted by Crippen LogP contribution is -2.40. The molecule has 2 N–H and O–H groups in total. The number of anilines is 1. The summed E-state index contributed by atoms with van der Waals surface area (Å²) in [5.74, 6) is 1.33. The van der Waals surface area contributed by atoms with Crippen molar-refractivity contribution in [2.45, 2.75) is 85.8 Å². The van der Waals surface area contributed by atoms with Crippen molar-refractivity contribution in [3.05, 3.63) is 41.0 Å². The Bertz CT molecular complexity index is 1160. The molecule has 0 aliphatic carbocycles. The first-order valence-corrected chi connectivity index (χ1v) is 12.1. The van der Waals surface area contributed by atoms with Crippen LogP contribution in [0.3, 0.4) is 0 Å². The van der Waals surface area contributed by atoms with Gasteiger partial charge in [-0.2, -0.15) is 0 Å². The second-order valence-electron chi connectivity index (χ2n) is 9.68. The van der Waals surface area contributed by atoms with Crippen LogP contribution in [0.5, 0.6) is 11.6 Å². The fraction of sp³-hybridized carbons (Fsp3) is 0.538. The summed E-state index contributed by atoms with van der Waals surface area (Å²) in [7, 11) is 0. The monoisotopic (exact) mass is 468 g/mol. The highest BCUT2D eigenvalue weighted by Crippen LogP contribution is 2.32. The van der Waals surface area contributed by atoms with E-state index in [1.807, 2.05) is 25.1 Å². The molecule has 1 aromatic carbocycles. The van der Waals surface area contributed by atoms with E-state index >= 15 is 0 Å². The minimum Gasteiger partial charge on any atom is -0.494 e. The first-order valence-electron chi connectivity index (χ1n) is 12.1. The van der Waals surface area contributed by atoms with E-state index in [2.05, 4.69) is 51.7 Å². The number of rotatable bonds is 10. The highest BCUT2D eigenvalue weighted by atomic mass is 16.5. The summed E-state index contributed by atoms with van der Waals surface area (Å²) >= 11 is 0. The molecule has 2 aromatic heterocycles. The first kappa shape index (κ1) is 25.5. The van der Waals surface area contributed by atoms with Crippen molar-refractivity contribution in [1.82, 2.24) is 14.7 Å². The van der Waals surface area contributed by atoms with E-state index in [9.17, 15) is 4.79 Å². The maximum absolute atomic E-state index is 13.5. The Morgan fingerprint density at radius 1 is 1.18 bits per heavy atom. The van der Waals surface area contributed by atoms with Gasteiger partial charge in [-0.1, -0.05) is 46.1 Å². The molecule has 0 spiro atoms. The average molecular weight is 469 g/mol. The molecule has 2 heterocycles. The second-order valence-corrected chi connectivity index (χ2v) is 9.68. The maximum Gasteiger partial charge on any atom is 0.355 e. The Labute approximate surface area is 202 Å². The number of hydrogen-bond donors (Lipinski definition) is 1. The fourth-order valence-corrected chi connectivity index (χ4v) is 4.07. The fourth-order valence-electron chi connectivity index (χ4n) is 4.07. The van der Waals surface area contributed by atoms with Crippen LogP contribution in [-0.2, 0) is 12.0 Å². The molecular weight excluding hydrogens is 430 g/mol. The topological polar surface area (TPSA) is 95.6 Å². The Morgan fingerprint density at radius 2 is 1.88 bits per heavy atom. The number of fused-ring (bicyclic) bond motifs is 1. The summed E-state index contributed by atoms with van der Waals surface area (Å²) in [6.45, 7) is 15.3. The van der Waals surface area contributed by atoms with Gasteiger partial charge in [0.15, 0.2) is 6.54 Å². The van der Waals surface area contributed by atoms with Gasteiger partial charge in [-0.25, -0.2) is 0 Å². The summed E-state index contributed by atoms with van der Waals surface area (Å²) in [6.07, 6.45) is 2.76. The molecule has 34 heavy (non-hydrogen) atoms. The van der Waals surface area contributed by atoms with Gasteiger partial charge < -0.3 is 15.2 Å². The first-order chi connectivity index (χ1) is 16.1. The van der Waals surface area contributed by atoms with Crippen LogP contribution < -0.4 is 19.9 Å². The van der Waals surface area contributed by atoms with Crippen LogP contribution in [0.1, 0.15) is 82.3 Å². The third-order valence-corrected chi connectivity index (χ3v) is 5.95. The van der Waals surface area contributed by atoms with Gasteiger partial charge in [0.2, 0.25) is 5.78 Å². The molecule has 3 aromatic rings. The maximum atomic E-state index is 13.5. The number of nitrogens with zero attached hydrogens (tertiary/aromatic N) is 4. The lowest BCUT2D eigenvalue weighted by Gasteiger charge is -2.24.